The lowest BCUT2D eigenvalue weighted by molar-refractivity contribution is -0.129. The summed E-state index contributed by atoms with van der Waals surface area (Å²) in [5.41, 5.74) is -0.317. The predicted octanol–water partition coefficient (Wildman–Crippen LogP) is 1.29. The van der Waals surface area contributed by atoms with Crippen LogP contribution in [0.5, 0.6) is 0 Å². The molecule has 0 radical (unpaired) electrons. The van der Waals surface area contributed by atoms with Gasteiger partial charge >= 0.3 is 0 Å². The van der Waals surface area contributed by atoms with Gasteiger partial charge in [-0.15, -0.1) is 0 Å². The third kappa shape index (κ3) is 3.66. The molecule has 1 saturated heterocycles. The van der Waals surface area contributed by atoms with Gasteiger partial charge in [-0.05, 0) is 19.8 Å². The number of carbonyl (C=O) groups excluding carboxylic acids is 1. The largest absolute Gasteiger partial charge is 0.342 e. The summed E-state index contributed by atoms with van der Waals surface area (Å²) in [6, 6.07) is 0. The highest BCUT2D eigenvalue weighted by Crippen LogP contribution is 2.20. The van der Waals surface area contributed by atoms with Crippen molar-refractivity contribution in [2.24, 2.45) is 0 Å². The van der Waals surface area contributed by atoms with Crippen molar-refractivity contribution in [1.82, 2.24) is 15.0 Å². The van der Waals surface area contributed by atoms with Gasteiger partial charge in [0.2, 0.25) is 11.8 Å². The molecule has 1 aliphatic rings. The van der Waals surface area contributed by atoms with E-state index in [0.29, 0.717) is 18.9 Å². The minimum Gasteiger partial charge on any atom is -0.342 e. The van der Waals surface area contributed by atoms with Crippen LogP contribution in [-0.4, -0.2) is 47.7 Å². The Labute approximate surface area is 131 Å². The maximum atomic E-state index is 12.4. The van der Waals surface area contributed by atoms with Gasteiger partial charge in [0.1, 0.15) is 11.0 Å². The van der Waals surface area contributed by atoms with Crippen LogP contribution in [0, 0.1) is 0 Å². The lowest BCUT2D eigenvalue weighted by atomic mass is 9.96. The Kier molecular flexibility index (Phi) is 4.60. The first-order chi connectivity index (χ1) is 10.1. The van der Waals surface area contributed by atoms with Crippen LogP contribution in [0.15, 0.2) is 4.52 Å². The molecule has 0 N–H and O–H groups in total. The number of carbonyl (C=O) groups is 1. The van der Waals surface area contributed by atoms with Crippen LogP contribution in [0.3, 0.4) is 0 Å². The molecule has 1 amide bonds. The van der Waals surface area contributed by atoms with E-state index in [1.807, 2.05) is 20.8 Å². The van der Waals surface area contributed by atoms with E-state index >= 15 is 0 Å². The number of amides is 1. The van der Waals surface area contributed by atoms with Crippen molar-refractivity contribution in [3.8, 4) is 0 Å². The van der Waals surface area contributed by atoms with Crippen molar-refractivity contribution in [3.05, 3.63) is 11.7 Å². The molecule has 0 unspecified atom stereocenters. The molecule has 7 nitrogen and oxygen atoms in total. The average Bonchev–Trinajstić information content (AvgIpc) is 3.06. The summed E-state index contributed by atoms with van der Waals surface area (Å²) in [7, 11) is -3.67. The van der Waals surface area contributed by atoms with Crippen LogP contribution in [-0.2, 0) is 25.8 Å². The number of likely N-dealkylation sites (tertiary alicyclic amines) is 1. The number of hydrogen-bond acceptors (Lipinski definition) is 6. The minimum atomic E-state index is -3.67. The molecule has 22 heavy (non-hydrogen) atoms. The van der Waals surface area contributed by atoms with Gasteiger partial charge in [0, 0.05) is 18.5 Å². The Hall–Kier alpha value is -1.44. The Morgan fingerprint density at radius 2 is 1.91 bits per heavy atom. The van der Waals surface area contributed by atoms with E-state index < -0.39 is 20.8 Å². The van der Waals surface area contributed by atoms with Crippen LogP contribution in [0.4, 0.5) is 0 Å². The summed E-state index contributed by atoms with van der Waals surface area (Å²) in [4.78, 5) is 18.0. The highest BCUT2D eigenvalue weighted by molar-refractivity contribution is 7.92. The molecule has 0 saturated carbocycles. The smallest absolute Gasteiger partial charge is 0.241 e. The fourth-order valence-corrected chi connectivity index (χ4v) is 3.43. The van der Waals surface area contributed by atoms with Crippen LogP contribution < -0.4 is 0 Å². The summed E-state index contributed by atoms with van der Waals surface area (Å²) in [5, 5.41) is 2.72. The van der Waals surface area contributed by atoms with Gasteiger partial charge in [0.15, 0.2) is 15.7 Å². The molecule has 1 atom stereocenters. The first-order valence-corrected chi connectivity index (χ1v) is 9.16. The predicted molar refractivity (Wildman–Crippen MR) is 80.9 cm³/mol. The first-order valence-electron chi connectivity index (χ1n) is 7.44. The van der Waals surface area contributed by atoms with Crippen molar-refractivity contribution in [1.29, 1.82) is 0 Å². The SMILES string of the molecule is C[C@@H](C(=O)N1CCCC1)S(=O)(=O)Cc1nc(C(C)(C)C)no1. The quantitative estimate of drug-likeness (QED) is 0.826. The molecule has 0 aliphatic carbocycles. The zero-order valence-corrected chi connectivity index (χ0v) is 14.3. The van der Waals surface area contributed by atoms with E-state index in [2.05, 4.69) is 10.1 Å². The zero-order valence-electron chi connectivity index (χ0n) is 13.5. The second-order valence-corrected chi connectivity index (χ2v) is 9.07. The molecule has 0 spiro atoms. The van der Waals surface area contributed by atoms with Crippen molar-refractivity contribution in [3.63, 3.8) is 0 Å². The normalized spacial score (nSPS) is 17.7. The van der Waals surface area contributed by atoms with Gasteiger partial charge in [-0.1, -0.05) is 25.9 Å². The van der Waals surface area contributed by atoms with E-state index in [1.165, 1.54) is 6.92 Å². The van der Waals surface area contributed by atoms with E-state index in [9.17, 15) is 13.2 Å². The van der Waals surface area contributed by atoms with Crippen LogP contribution in [0.2, 0.25) is 0 Å². The molecule has 8 heteroatoms. The molecule has 1 aliphatic heterocycles. The lowest BCUT2D eigenvalue weighted by Crippen LogP contribution is -2.40. The van der Waals surface area contributed by atoms with E-state index in [0.717, 1.165) is 12.8 Å². The maximum absolute atomic E-state index is 12.4. The monoisotopic (exact) mass is 329 g/mol. The third-order valence-electron chi connectivity index (χ3n) is 3.77. The number of sulfone groups is 1. The summed E-state index contributed by atoms with van der Waals surface area (Å²) >= 11 is 0. The zero-order chi connectivity index (χ0) is 16.5. The number of nitrogens with zero attached hydrogens (tertiary/aromatic N) is 3. The molecular weight excluding hydrogens is 306 g/mol. The molecule has 2 rings (SSSR count). The molecule has 1 aromatic rings. The summed E-state index contributed by atoms with van der Waals surface area (Å²) in [5.74, 6) is -0.258. The van der Waals surface area contributed by atoms with Crippen molar-refractivity contribution in [2.45, 2.75) is 57.0 Å². The van der Waals surface area contributed by atoms with E-state index in [-0.39, 0.29) is 17.2 Å². The second-order valence-electron chi connectivity index (χ2n) is 6.74. The van der Waals surface area contributed by atoms with Gasteiger partial charge in [-0.25, -0.2) is 8.42 Å². The minimum absolute atomic E-state index is 0.0333. The fourth-order valence-electron chi connectivity index (χ4n) is 2.26. The first kappa shape index (κ1) is 16.9. The molecule has 0 aromatic carbocycles. The second kappa shape index (κ2) is 5.98. The van der Waals surface area contributed by atoms with Gasteiger partial charge in [0.25, 0.3) is 0 Å². The Morgan fingerprint density at radius 1 is 1.32 bits per heavy atom. The van der Waals surface area contributed by atoms with Crippen LogP contribution >= 0.6 is 0 Å². The van der Waals surface area contributed by atoms with Gasteiger partial charge in [-0.3, -0.25) is 4.79 Å². The molecule has 124 valence electrons. The van der Waals surface area contributed by atoms with Crippen molar-refractivity contribution < 1.29 is 17.7 Å². The maximum Gasteiger partial charge on any atom is 0.241 e. The molecule has 0 bridgehead atoms. The van der Waals surface area contributed by atoms with Crippen molar-refractivity contribution >= 4 is 15.7 Å². The number of aromatic nitrogens is 2. The summed E-state index contributed by atoms with van der Waals surface area (Å²) < 4.78 is 29.8. The number of rotatable bonds is 4. The van der Waals surface area contributed by atoms with E-state index in [1.54, 1.807) is 4.90 Å². The number of hydrogen-bond donors (Lipinski definition) is 0. The van der Waals surface area contributed by atoms with Crippen LogP contribution in [0.25, 0.3) is 0 Å². The highest BCUT2D eigenvalue weighted by atomic mass is 32.2. The van der Waals surface area contributed by atoms with Crippen LogP contribution in [0.1, 0.15) is 52.3 Å². The molecule has 1 aromatic heterocycles. The Bertz CT molecular complexity index is 639. The average molecular weight is 329 g/mol. The van der Waals surface area contributed by atoms with E-state index in [4.69, 9.17) is 4.52 Å². The van der Waals surface area contributed by atoms with Gasteiger partial charge < -0.3 is 9.42 Å². The molecular formula is C14H23N3O4S. The Balaban J connectivity index is 2.10. The van der Waals surface area contributed by atoms with Gasteiger partial charge in [0.05, 0.1) is 0 Å². The molecule has 2 heterocycles. The highest BCUT2D eigenvalue weighted by Gasteiger charge is 2.34. The summed E-state index contributed by atoms with van der Waals surface area (Å²) in [6.07, 6.45) is 1.86. The van der Waals surface area contributed by atoms with Crippen molar-refractivity contribution in [2.75, 3.05) is 13.1 Å². The Morgan fingerprint density at radius 3 is 2.41 bits per heavy atom. The standard InChI is InChI=1S/C14H23N3O4S/c1-10(12(18)17-7-5-6-8-17)22(19,20)9-11-15-13(16-21-11)14(2,3)4/h10H,5-9H2,1-4H3/t10-/m0/s1. The third-order valence-corrected chi connectivity index (χ3v) is 5.70. The summed E-state index contributed by atoms with van der Waals surface area (Å²) in [6.45, 7) is 8.43. The van der Waals surface area contributed by atoms with Gasteiger partial charge in [-0.2, -0.15) is 4.98 Å². The molecule has 1 fully saturated rings. The lowest BCUT2D eigenvalue weighted by Gasteiger charge is -2.19. The fraction of sp³-hybridized carbons (Fsp3) is 0.786. The topological polar surface area (TPSA) is 93.4 Å².